The fourth-order valence-electron chi connectivity index (χ4n) is 5.76. The number of aromatic nitrogens is 2. The van der Waals surface area contributed by atoms with E-state index >= 15 is 0 Å². The van der Waals surface area contributed by atoms with Gasteiger partial charge in [0.05, 0.1) is 36.3 Å². The number of aryl methyl sites for hydroxylation is 1. The number of nitrogens with one attached hydrogen (secondary N) is 5. The number of hydrogen-bond donors (Lipinski definition) is 6. The van der Waals surface area contributed by atoms with Gasteiger partial charge in [0.1, 0.15) is 23.2 Å². The maximum atomic E-state index is 14.0. The summed E-state index contributed by atoms with van der Waals surface area (Å²) in [4.78, 5) is 46.7. The molecule has 17 heteroatoms. The fraction of sp³-hybridized carbons (Fsp3) is 0.387. The predicted octanol–water partition coefficient (Wildman–Crippen LogP) is 3.85. The third-order valence-electron chi connectivity index (χ3n) is 8.14. The number of nitrogens with zero attached hydrogens (tertiary/aromatic N) is 3. The molecule has 0 saturated carbocycles. The van der Waals surface area contributed by atoms with Crippen LogP contribution in [0.25, 0.3) is 0 Å². The zero-order valence-electron chi connectivity index (χ0n) is 26.4. The number of methoxy groups -OCH3 is 1. The molecule has 0 radical (unpaired) electrons. The van der Waals surface area contributed by atoms with Gasteiger partial charge in [-0.2, -0.15) is 18.2 Å². The van der Waals surface area contributed by atoms with Crippen LogP contribution >= 0.6 is 0 Å². The number of nitrogens with two attached hydrogens (primary N) is 1. The number of hydrogen-bond acceptors (Lipinski definition) is 11. The molecule has 2 aliphatic heterocycles. The fourth-order valence-corrected chi connectivity index (χ4v) is 5.76. The normalized spacial score (nSPS) is 19.4. The van der Waals surface area contributed by atoms with Crippen molar-refractivity contribution in [1.29, 1.82) is 0 Å². The number of rotatable bonds is 10. The van der Waals surface area contributed by atoms with E-state index in [2.05, 4.69) is 41.5 Å². The molecule has 14 nitrogen and oxygen atoms in total. The molecule has 0 spiro atoms. The minimum Gasteiger partial charge on any atom is -0.494 e. The van der Waals surface area contributed by atoms with Gasteiger partial charge < -0.3 is 36.5 Å². The third kappa shape index (κ3) is 7.86. The van der Waals surface area contributed by atoms with Gasteiger partial charge in [-0.3, -0.25) is 19.8 Å². The third-order valence-corrected chi connectivity index (χ3v) is 8.14. The minimum absolute atomic E-state index is 0.0485. The van der Waals surface area contributed by atoms with Crippen molar-refractivity contribution in [2.75, 3.05) is 43.2 Å². The molecular weight excluding hydrogens is 635 g/mol. The second-order valence-corrected chi connectivity index (χ2v) is 11.3. The van der Waals surface area contributed by atoms with Gasteiger partial charge in [-0.05, 0) is 49.9 Å². The molecule has 7 N–H and O–H groups in total. The highest BCUT2D eigenvalue weighted by molar-refractivity contribution is 6.01. The standard InChI is InChI=1S/C31H36F3N9O5/c1-16-5-4-6-19(27(44)36-2)25(16)41-26-20(31(32,33)34)14-37-30(42-26)40-21-8-7-17(13-23(21)47-3)38-28(45)22-9-10-24(39-22)43-12-11-18(15-43)48-29(35)46/h4-8,13-14,18,22,24,39H,9-12,15H2,1-3H3,(H2,35,46)(H,36,44)(H,38,45)(H2,37,40,41,42)/t18-,22?,24?/m0/s1. The molecule has 1 aromatic heterocycles. The van der Waals surface area contributed by atoms with E-state index in [0.717, 1.165) is 6.42 Å². The van der Waals surface area contributed by atoms with E-state index < -0.39 is 35.6 Å². The van der Waals surface area contributed by atoms with Crippen molar-refractivity contribution in [3.05, 3.63) is 59.3 Å². The number of carbonyl (C=O) groups excluding carboxylic acids is 3. The Bertz CT molecular complexity index is 1690. The molecule has 2 aliphatic rings. The largest absolute Gasteiger partial charge is 0.494 e. The first-order valence-electron chi connectivity index (χ1n) is 15.1. The number of anilines is 5. The zero-order valence-corrected chi connectivity index (χ0v) is 26.4. The number of primary amides is 1. The molecule has 0 bridgehead atoms. The molecule has 2 aromatic carbocycles. The Morgan fingerprint density at radius 2 is 1.90 bits per heavy atom. The smallest absolute Gasteiger partial charge is 0.421 e. The van der Waals surface area contributed by atoms with Crippen molar-refractivity contribution in [3.63, 3.8) is 0 Å². The Morgan fingerprint density at radius 1 is 1.10 bits per heavy atom. The number of ether oxygens (including phenoxy) is 2. The van der Waals surface area contributed by atoms with Crippen LogP contribution in [0.15, 0.2) is 42.6 Å². The first-order valence-corrected chi connectivity index (χ1v) is 15.1. The number of benzene rings is 2. The van der Waals surface area contributed by atoms with Crippen molar-refractivity contribution >= 4 is 46.7 Å². The summed E-state index contributed by atoms with van der Waals surface area (Å²) in [5, 5.41) is 14.2. The molecule has 3 amide bonds. The maximum absolute atomic E-state index is 14.0. The van der Waals surface area contributed by atoms with Gasteiger partial charge in [-0.1, -0.05) is 12.1 Å². The Morgan fingerprint density at radius 3 is 2.60 bits per heavy atom. The summed E-state index contributed by atoms with van der Waals surface area (Å²) in [7, 11) is 2.82. The zero-order chi connectivity index (χ0) is 34.6. The number of likely N-dealkylation sites (tertiary alicyclic amines) is 1. The van der Waals surface area contributed by atoms with E-state index in [4.69, 9.17) is 15.2 Å². The summed E-state index contributed by atoms with van der Waals surface area (Å²) in [6.07, 6.45) is -3.29. The van der Waals surface area contributed by atoms with E-state index in [1.54, 1.807) is 37.3 Å². The number of halogens is 3. The molecule has 2 fully saturated rings. The first-order chi connectivity index (χ1) is 22.9. The number of para-hydroxylation sites is 1. The van der Waals surface area contributed by atoms with Gasteiger partial charge in [0, 0.05) is 38.1 Å². The molecule has 2 saturated heterocycles. The van der Waals surface area contributed by atoms with Crippen LogP contribution in [-0.4, -0.2) is 78.3 Å². The highest BCUT2D eigenvalue weighted by Gasteiger charge is 2.37. The SMILES string of the molecule is CNC(=O)c1cccc(C)c1Nc1nc(Nc2ccc(NC(=O)C3CCC(N4CC[C@H](OC(N)=O)C4)N3)cc2OC)ncc1C(F)(F)F. The van der Waals surface area contributed by atoms with Crippen LogP contribution < -0.4 is 37.1 Å². The van der Waals surface area contributed by atoms with Gasteiger partial charge in [0.25, 0.3) is 5.91 Å². The molecule has 3 heterocycles. The topological polar surface area (TPSA) is 185 Å². The van der Waals surface area contributed by atoms with Gasteiger partial charge in [-0.15, -0.1) is 0 Å². The second-order valence-electron chi connectivity index (χ2n) is 11.3. The molecule has 256 valence electrons. The van der Waals surface area contributed by atoms with E-state index in [9.17, 15) is 27.6 Å². The van der Waals surface area contributed by atoms with E-state index in [0.29, 0.717) is 49.1 Å². The lowest BCUT2D eigenvalue weighted by molar-refractivity contribution is -0.137. The Hall–Kier alpha value is -5.16. The van der Waals surface area contributed by atoms with Crippen molar-refractivity contribution in [1.82, 2.24) is 25.5 Å². The molecule has 5 rings (SSSR count). The van der Waals surface area contributed by atoms with E-state index in [1.165, 1.54) is 20.2 Å². The van der Waals surface area contributed by atoms with E-state index in [-0.39, 0.29) is 41.1 Å². The Kier molecular flexibility index (Phi) is 10.2. The summed E-state index contributed by atoms with van der Waals surface area (Å²) < 4.78 is 52.5. The molecule has 48 heavy (non-hydrogen) atoms. The number of carbonyl (C=O) groups is 3. The Balaban J connectivity index is 1.29. The summed E-state index contributed by atoms with van der Waals surface area (Å²) in [5.74, 6) is -1.21. The Labute approximate surface area is 274 Å². The number of amides is 3. The lowest BCUT2D eigenvalue weighted by Crippen LogP contribution is -2.46. The lowest BCUT2D eigenvalue weighted by Gasteiger charge is -2.24. The quantitative estimate of drug-likeness (QED) is 0.184. The molecular formula is C31H36F3N9O5. The van der Waals surface area contributed by atoms with Crippen molar-refractivity contribution in [2.45, 2.75) is 50.7 Å². The van der Waals surface area contributed by atoms with Crippen LogP contribution in [0.5, 0.6) is 5.75 Å². The summed E-state index contributed by atoms with van der Waals surface area (Å²) in [6, 6.07) is 9.04. The van der Waals surface area contributed by atoms with Gasteiger partial charge >= 0.3 is 12.3 Å². The minimum atomic E-state index is -4.79. The molecule has 2 unspecified atom stereocenters. The average molecular weight is 672 g/mol. The summed E-state index contributed by atoms with van der Waals surface area (Å²) >= 11 is 0. The molecule has 3 aromatic rings. The average Bonchev–Trinajstić information content (AvgIpc) is 3.72. The molecule has 3 atom stereocenters. The van der Waals surface area contributed by atoms with Gasteiger partial charge in [0.15, 0.2) is 0 Å². The highest BCUT2D eigenvalue weighted by Crippen LogP contribution is 2.37. The van der Waals surface area contributed by atoms with E-state index in [1.807, 2.05) is 0 Å². The van der Waals surface area contributed by atoms with Crippen LogP contribution in [0.4, 0.5) is 46.8 Å². The van der Waals surface area contributed by atoms with Crippen molar-refractivity contribution in [2.24, 2.45) is 5.73 Å². The van der Waals surface area contributed by atoms with Crippen molar-refractivity contribution < 1.29 is 37.0 Å². The van der Waals surface area contributed by atoms with Crippen molar-refractivity contribution in [3.8, 4) is 5.75 Å². The van der Waals surface area contributed by atoms with Crippen LogP contribution in [-0.2, 0) is 15.7 Å². The maximum Gasteiger partial charge on any atom is 0.421 e. The number of alkyl halides is 3. The van der Waals surface area contributed by atoms with Crippen LogP contribution in [0.1, 0.15) is 40.7 Å². The monoisotopic (exact) mass is 671 g/mol. The first kappa shape index (κ1) is 34.2. The highest BCUT2D eigenvalue weighted by atomic mass is 19.4. The predicted molar refractivity (Wildman–Crippen MR) is 170 cm³/mol. The molecule has 0 aliphatic carbocycles. The second kappa shape index (κ2) is 14.3. The van der Waals surface area contributed by atoms with Crippen LogP contribution in [0.2, 0.25) is 0 Å². The van der Waals surface area contributed by atoms with Gasteiger partial charge in [0.2, 0.25) is 11.9 Å². The summed E-state index contributed by atoms with van der Waals surface area (Å²) in [5.41, 5.74) is 5.58. The van der Waals surface area contributed by atoms with Crippen LogP contribution in [0.3, 0.4) is 0 Å². The lowest BCUT2D eigenvalue weighted by atomic mass is 10.1. The van der Waals surface area contributed by atoms with Crippen LogP contribution in [0, 0.1) is 6.92 Å². The summed E-state index contributed by atoms with van der Waals surface area (Å²) in [6.45, 7) is 2.89. The van der Waals surface area contributed by atoms with Gasteiger partial charge in [-0.25, -0.2) is 9.78 Å².